The van der Waals surface area contributed by atoms with Crippen molar-refractivity contribution in [2.24, 2.45) is 0 Å². The van der Waals surface area contributed by atoms with Crippen molar-refractivity contribution in [2.45, 2.75) is 5.41 Å². The van der Waals surface area contributed by atoms with E-state index in [1.807, 2.05) is 30.3 Å². The van der Waals surface area contributed by atoms with Crippen molar-refractivity contribution in [3.8, 4) is 22.6 Å². The van der Waals surface area contributed by atoms with E-state index in [0.717, 1.165) is 44.6 Å². The summed E-state index contributed by atoms with van der Waals surface area (Å²) in [5.74, 6) is 1.68. The predicted molar refractivity (Wildman–Crippen MR) is 136 cm³/mol. The van der Waals surface area contributed by atoms with Crippen LogP contribution in [0.5, 0.6) is 11.5 Å². The Morgan fingerprint density at radius 3 is 2.00 bits per heavy atom. The van der Waals surface area contributed by atoms with Crippen LogP contribution in [0.3, 0.4) is 0 Å². The first-order valence-corrected chi connectivity index (χ1v) is 11.8. The third kappa shape index (κ3) is 2.08. The lowest BCUT2D eigenvalue weighted by Gasteiger charge is -2.39. The van der Waals surface area contributed by atoms with Crippen LogP contribution < -0.4 is 4.74 Å². The molecule has 0 saturated heterocycles. The second-order valence-corrected chi connectivity index (χ2v) is 9.41. The van der Waals surface area contributed by atoms with Gasteiger partial charge >= 0.3 is 0 Å². The Morgan fingerprint density at radius 2 is 1.24 bits per heavy atom. The van der Waals surface area contributed by atoms with Gasteiger partial charge in [0, 0.05) is 28.0 Å². The molecular weight excluding hydrogens is 440 g/mol. The summed E-state index contributed by atoms with van der Waals surface area (Å²) in [6.45, 7) is 0. The van der Waals surface area contributed by atoms with Crippen LogP contribution in [0.4, 0.5) is 0 Å². The lowest BCUT2D eigenvalue weighted by atomic mass is 9.66. The molecule has 0 bridgehead atoms. The standard InChI is InChI=1S/C31H17ClO2/c32-25-13-7-15-27-30(25)20-16-24-29(17-28(20)34-27)33-26-14-6-5-12-23(26)31(24)21-10-3-1-8-18(21)19-9-2-4-11-22(19)31/h1-17H. The molecule has 2 aliphatic rings. The smallest absolute Gasteiger partial charge is 0.139 e. The second-order valence-electron chi connectivity index (χ2n) is 9.00. The van der Waals surface area contributed by atoms with Gasteiger partial charge in [-0.25, -0.2) is 0 Å². The van der Waals surface area contributed by atoms with E-state index in [1.165, 1.54) is 22.3 Å². The van der Waals surface area contributed by atoms with Gasteiger partial charge in [-0.1, -0.05) is 84.4 Å². The number of halogens is 1. The van der Waals surface area contributed by atoms with Crippen molar-refractivity contribution >= 4 is 33.5 Å². The summed E-state index contributed by atoms with van der Waals surface area (Å²) < 4.78 is 12.7. The highest BCUT2D eigenvalue weighted by molar-refractivity contribution is 6.37. The third-order valence-corrected chi connectivity index (χ3v) is 7.73. The van der Waals surface area contributed by atoms with E-state index in [2.05, 4.69) is 72.8 Å². The van der Waals surface area contributed by atoms with E-state index in [9.17, 15) is 0 Å². The highest BCUT2D eigenvalue weighted by Crippen LogP contribution is 2.62. The molecule has 0 radical (unpaired) electrons. The van der Waals surface area contributed by atoms with Gasteiger partial charge in [-0.05, 0) is 46.5 Å². The lowest BCUT2D eigenvalue weighted by molar-refractivity contribution is 0.436. The molecule has 0 saturated carbocycles. The summed E-state index contributed by atoms with van der Waals surface area (Å²) in [5.41, 5.74) is 8.39. The molecule has 2 nitrogen and oxygen atoms in total. The van der Waals surface area contributed by atoms with Gasteiger partial charge in [-0.2, -0.15) is 0 Å². The Bertz CT molecular complexity index is 1760. The maximum atomic E-state index is 6.66. The minimum atomic E-state index is -0.490. The maximum absolute atomic E-state index is 6.66. The number of ether oxygens (including phenoxy) is 1. The second kappa shape index (κ2) is 6.31. The molecule has 1 aromatic heterocycles. The Kier molecular flexibility index (Phi) is 3.42. The van der Waals surface area contributed by atoms with Gasteiger partial charge in [0.05, 0.1) is 10.4 Å². The SMILES string of the molecule is Clc1cccc2oc3cc4c(cc3c12)C1(c2ccccc2O4)c2ccccc2-c2ccccc21. The highest BCUT2D eigenvalue weighted by Gasteiger charge is 2.51. The van der Waals surface area contributed by atoms with Crippen LogP contribution in [0, 0.1) is 0 Å². The average Bonchev–Trinajstić information content (AvgIpc) is 3.38. The number of para-hydroxylation sites is 1. The Morgan fingerprint density at radius 1 is 0.559 bits per heavy atom. The molecule has 6 aromatic rings. The fourth-order valence-corrected chi connectivity index (χ4v) is 6.40. The van der Waals surface area contributed by atoms with Crippen molar-refractivity contribution < 1.29 is 9.15 Å². The van der Waals surface area contributed by atoms with Gasteiger partial charge in [0.2, 0.25) is 0 Å². The first-order valence-electron chi connectivity index (χ1n) is 11.4. The molecule has 0 atom stereocenters. The molecule has 8 rings (SSSR count). The fraction of sp³-hybridized carbons (Fsp3) is 0.0323. The van der Waals surface area contributed by atoms with Crippen LogP contribution in [0.2, 0.25) is 5.02 Å². The van der Waals surface area contributed by atoms with Crippen molar-refractivity contribution in [1.29, 1.82) is 0 Å². The number of hydrogen-bond donors (Lipinski definition) is 0. The molecule has 0 fully saturated rings. The van der Waals surface area contributed by atoms with Crippen LogP contribution >= 0.6 is 11.6 Å². The van der Waals surface area contributed by atoms with E-state index < -0.39 is 5.41 Å². The summed E-state index contributed by atoms with van der Waals surface area (Å²) in [6, 6.07) is 35.9. The summed E-state index contributed by atoms with van der Waals surface area (Å²) in [6.07, 6.45) is 0. The van der Waals surface area contributed by atoms with Gasteiger partial charge in [0.15, 0.2) is 0 Å². The monoisotopic (exact) mass is 456 g/mol. The number of hydrogen-bond acceptors (Lipinski definition) is 2. The van der Waals surface area contributed by atoms with Crippen LogP contribution in [-0.2, 0) is 5.41 Å². The third-order valence-electron chi connectivity index (χ3n) is 7.41. The first-order chi connectivity index (χ1) is 16.8. The van der Waals surface area contributed by atoms with Crippen molar-refractivity contribution in [2.75, 3.05) is 0 Å². The zero-order valence-electron chi connectivity index (χ0n) is 18.0. The van der Waals surface area contributed by atoms with Gasteiger partial charge < -0.3 is 9.15 Å². The van der Waals surface area contributed by atoms with Crippen LogP contribution in [0.1, 0.15) is 22.3 Å². The van der Waals surface area contributed by atoms with Crippen molar-refractivity contribution in [1.82, 2.24) is 0 Å². The zero-order chi connectivity index (χ0) is 22.4. The molecule has 1 aliphatic carbocycles. The molecule has 0 amide bonds. The van der Waals surface area contributed by atoms with Crippen molar-refractivity contribution in [3.05, 3.63) is 130 Å². The maximum Gasteiger partial charge on any atom is 0.139 e. The molecule has 1 spiro atoms. The number of furan rings is 1. The fourth-order valence-electron chi connectivity index (χ4n) is 6.13. The van der Waals surface area contributed by atoms with Gasteiger partial charge in [0.1, 0.15) is 22.7 Å². The van der Waals surface area contributed by atoms with Crippen LogP contribution in [0.15, 0.2) is 108 Å². The number of benzene rings is 5. The summed E-state index contributed by atoms with van der Waals surface area (Å²) in [7, 11) is 0. The molecule has 34 heavy (non-hydrogen) atoms. The number of rotatable bonds is 0. The Balaban J connectivity index is 1.60. The molecule has 0 unspecified atom stereocenters. The Hall–Kier alpha value is -4.01. The average molecular weight is 457 g/mol. The van der Waals surface area contributed by atoms with Crippen LogP contribution in [0.25, 0.3) is 33.1 Å². The minimum absolute atomic E-state index is 0.490. The Labute approximate surface area is 201 Å². The van der Waals surface area contributed by atoms with Gasteiger partial charge in [-0.15, -0.1) is 0 Å². The quantitative estimate of drug-likeness (QED) is 0.227. The highest BCUT2D eigenvalue weighted by atomic mass is 35.5. The topological polar surface area (TPSA) is 22.4 Å². The molecule has 1 aliphatic heterocycles. The van der Waals surface area contributed by atoms with E-state index in [-0.39, 0.29) is 0 Å². The van der Waals surface area contributed by atoms with Crippen LogP contribution in [-0.4, -0.2) is 0 Å². The first kappa shape index (κ1) is 18.4. The molecule has 2 heterocycles. The zero-order valence-corrected chi connectivity index (χ0v) is 18.8. The van der Waals surface area contributed by atoms with E-state index in [0.29, 0.717) is 5.02 Å². The molecule has 3 heteroatoms. The van der Waals surface area contributed by atoms with E-state index in [4.69, 9.17) is 20.8 Å². The normalized spacial score (nSPS) is 14.5. The minimum Gasteiger partial charge on any atom is -0.457 e. The van der Waals surface area contributed by atoms with E-state index in [1.54, 1.807) is 0 Å². The summed E-state index contributed by atoms with van der Waals surface area (Å²) >= 11 is 6.66. The van der Waals surface area contributed by atoms with E-state index >= 15 is 0 Å². The predicted octanol–water partition coefficient (Wildman–Crippen LogP) is 8.71. The molecule has 160 valence electrons. The summed E-state index contributed by atoms with van der Waals surface area (Å²) in [5, 5.41) is 2.63. The molecule has 0 N–H and O–H groups in total. The largest absolute Gasteiger partial charge is 0.457 e. The number of fused-ring (bicyclic) bond motifs is 12. The molecule has 5 aromatic carbocycles. The van der Waals surface area contributed by atoms with Gasteiger partial charge in [0.25, 0.3) is 0 Å². The van der Waals surface area contributed by atoms with Gasteiger partial charge in [-0.3, -0.25) is 0 Å². The summed E-state index contributed by atoms with van der Waals surface area (Å²) in [4.78, 5) is 0. The van der Waals surface area contributed by atoms with Crippen molar-refractivity contribution in [3.63, 3.8) is 0 Å². The molecular formula is C31H17ClO2. The lowest BCUT2D eigenvalue weighted by Crippen LogP contribution is -2.32.